The summed E-state index contributed by atoms with van der Waals surface area (Å²) in [5.41, 5.74) is 1.74. The molecule has 5 nitrogen and oxygen atoms in total. The summed E-state index contributed by atoms with van der Waals surface area (Å²) in [7, 11) is 1.70. The van der Waals surface area contributed by atoms with E-state index in [1.165, 1.54) is 5.56 Å². The van der Waals surface area contributed by atoms with Crippen molar-refractivity contribution in [2.45, 2.75) is 13.0 Å². The molecule has 0 unspecified atom stereocenters. The average molecular weight is 322 g/mol. The lowest BCUT2D eigenvalue weighted by atomic mass is 10.1. The highest BCUT2D eigenvalue weighted by Crippen LogP contribution is 2.25. The minimum absolute atomic E-state index is 0.348. The van der Waals surface area contributed by atoms with E-state index in [9.17, 15) is 0 Å². The predicted molar refractivity (Wildman–Crippen MR) is 94.1 cm³/mol. The molecule has 0 aliphatic carbocycles. The first-order valence-corrected chi connectivity index (χ1v) is 8.21. The van der Waals surface area contributed by atoms with Crippen molar-refractivity contribution < 1.29 is 4.74 Å². The lowest BCUT2D eigenvalue weighted by molar-refractivity contribution is 0.198. The predicted octanol–water partition coefficient (Wildman–Crippen LogP) is 2.85. The van der Waals surface area contributed by atoms with Crippen molar-refractivity contribution in [3.05, 3.63) is 53.7 Å². The van der Waals surface area contributed by atoms with E-state index in [1.54, 1.807) is 13.2 Å². The Morgan fingerprint density at radius 3 is 2.58 bits per heavy atom. The summed E-state index contributed by atoms with van der Waals surface area (Å²) >= 11 is 0. The molecule has 1 aliphatic rings. The van der Waals surface area contributed by atoms with Crippen molar-refractivity contribution in [3.63, 3.8) is 0 Å². The zero-order chi connectivity index (χ0) is 16.9. The van der Waals surface area contributed by atoms with Gasteiger partial charge in [-0.2, -0.15) is 5.26 Å². The highest BCUT2D eigenvalue weighted by Gasteiger charge is 2.23. The van der Waals surface area contributed by atoms with E-state index >= 15 is 0 Å². The van der Waals surface area contributed by atoms with E-state index in [4.69, 9.17) is 10.00 Å². The van der Waals surface area contributed by atoms with Crippen LogP contribution in [0.1, 0.15) is 24.2 Å². The topological polar surface area (TPSA) is 52.4 Å². The van der Waals surface area contributed by atoms with Crippen LogP contribution in [0.3, 0.4) is 0 Å². The van der Waals surface area contributed by atoms with Crippen LogP contribution in [-0.2, 0) is 0 Å². The molecule has 0 bridgehead atoms. The minimum Gasteiger partial charge on any atom is -0.497 e. The molecule has 0 amide bonds. The van der Waals surface area contributed by atoms with Gasteiger partial charge in [0.05, 0.1) is 7.11 Å². The summed E-state index contributed by atoms with van der Waals surface area (Å²) < 4.78 is 5.33. The number of ether oxygens (including phenoxy) is 1. The Hall–Kier alpha value is -2.58. The van der Waals surface area contributed by atoms with E-state index in [2.05, 4.69) is 39.9 Å². The number of benzene rings is 1. The van der Waals surface area contributed by atoms with Gasteiger partial charge in [0.2, 0.25) is 0 Å². The molecule has 1 atom stereocenters. The number of rotatable bonds is 4. The Bertz CT molecular complexity index is 732. The van der Waals surface area contributed by atoms with Crippen LogP contribution in [0.25, 0.3) is 0 Å². The number of anilines is 1. The average Bonchev–Trinajstić information content (AvgIpc) is 2.67. The molecule has 24 heavy (non-hydrogen) atoms. The van der Waals surface area contributed by atoms with E-state index in [0.29, 0.717) is 11.7 Å². The fraction of sp³-hybridized carbons (Fsp3) is 0.368. The first-order chi connectivity index (χ1) is 11.7. The van der Waals surface area contributed by atoms with Crippen LogP contribution < -0.4 is 9.64 Å². The van der Waals surface area contributed by atoms with Gasteiger partial charge in [0.15, 0.2) is 0 Å². The molecule has 0 radical (unpaired) electrons. The van der Waals surface area contributed by atoms with Crippen LogP contribution in [0.4, 0.5) is 5.82 Å². The Morgan fingerprint density at radius 2 is 1.88 bits per heavy atom. The van der Waals surface area contributed by atoms with Crippen molar-refractivity contribution >= 4 is 5.82 Å². The number of aromatic nitrogens is 1. The molecule has 3 rings (SSSR count). The summed E-state index contributed by atoms with van der Waals surface area (Å²) in [6.07, 6.45) is 0. The summed E-state index contributed by atoms with van der Waals surface area (Å²) in [5.74, 6) is 1.79. The van der Waals surface area contributed by atoms with Crippen LogP contribution in [-0.4, -0.2) is 43.2 Å². The molecule has 1 fully saturated rings. The number of hydrogen-bond acceptors (Lipinski definition) is 5. The Morgan fingerprint density at radius 1 is 1.12 bits per heavy atom. The summed E-state index contributed by atoms with van der Waals surface area (Å²) in [4.78, 5) is 9.11. The fourth-order valence-corrected chi connectivity index (χ4v) is 3.11. The molecule has 5 heteroatoms. The molecular formula is C19H22N4O. The summed E-state index contributed by atoms with van der Waals surface area (Å²) in [6.45, 7) is 6.00. The Kier molecular flexibility index (Phi) is 4.97. The van der Waals surface area contributed by atoms with Gasteiger partial charge in [-0.25, -0.2) is 4.98 Å². The van der Waals surface area contributed by atoms with Crippen LogP contribution in [0.5, 0.6) is 5.75 Å². The third kappa shape index (κ3) is 3.50. The Balaban J connectivity index is 1.65. The normalized spacial score (nSPS) is 16.5. The smallest absolute Gasteiger partial charge is 0.142 e. The fourth-order valence-electron chi connectivity index (χ4n) is 3.11. The van der Waals surface area contributed by atoms with E-state index in [0.717, 1.165) is 37.7 Å². The molecule has 1 aliphatic heterocycles. The van der Waals surface area contributed by atoms with Crippen LogP contribution in [0, 0.1) is 11.3 Å². The highest BCUT2D eigenvalue weighted by atomic mass is 16.5. The maximum absolute atomic E-state index is 8.99. The number of nitrogens with zero attached hydrogens (tertiary/aromatic N) is 4. The first-order valence-electron chi connectivity index (χ1n) is 8.21. The monoisotopic (exact) mass is 322 g/mol. The van der Waals surface area contributed by atoms with Gasteiger partial charge in [0.25, 0.3) is 0 Å². The zero-order valence-electron chi connectivity index (χ0n) is 14.1. The molecule has 1 aromatic carbocycles. The second kappa shape index (κ2) is 7.33. The van der Waals surface area contributed by atoms with Crippen molar-refractivity contribution in [1.82, 2.24) is 9.88 Å². The van der Waals surface area contributed by atoms with E-state index in [1.807, 2.05) is 24.3 Å². The van der Waals surface area contributed by atoms with Gasteiger partial charge in [-0.1, -0.05) is 18.2 Å². The number of pyridine rings is 1. The van der Waals surface area contributed by atoms with E-state index < -0.39 is 0 Å². The number of piperazine rings is 1. The molecule has 0 N–H and O–H groups in total. The molecule has 0 saturated carbocycles. The second-order valence-electron chi connectivity index (χ2n) is 5.97. The number of hydrogen-bond donors (Lipinski definition) is 0. The lowest BCUT2D eigenvalue weighted by Gasteiger charge is -2.38. The van der Waals surface area contributed by atoms with Gasteiger partial charge in [0, 0.05) is 32.2 Å². The summed E-state index contributed by atoms with van der Waals surface area (Å²) in [5, 5.41) is 8.99. The zero-order valence-corrected chi connectivity index (χ0v) is 14.1. The van der Waals surface area contributed by atoms with Gasteiger partial charge in [-0.15, -0.1) is 0 Å². The van der Waals surface area contributed by atoms with Gasteiger partial charge in [-0.3, -0.25) is 4.90 Å². The molecule has 0 spiro atoms. The molecule has 2 heterocycles. The van der Waals surface area contributed by atoms with Gasteiger partial charge >= 0.3 is 0 Å². The second-order valence-corrected chi connectivity index (χ2v) is 5.97. The highest BCUT2D eigenvalue weighted by molar-refractivity contribution is 5.42. The molecular weight excluding hydrogens is 300 g/mol. The van der Waals surface area contributed by atoms with E-state index in [-0.39, 0.29) is 0 Å². The number of methoxy groups -OCH3 is 1. The maximum Gasteiger partial charge on any atom is 0.142 e. The quantitative estimate of drug-likeness (QED) is 0.866. The van der Waals surface area contributed by atoms with Crippen molar-refractivity contribution in [2.24, 2.45) is 0 Å². The first kappa shape index (κ1) is 16.3. The van der Waals surface area contributed by atoms with Crippen LogP contribution in [0.2, 0.25) is 0 Å². The lowest BCUT2D eigenvalue weighted by Crippen LogP contribution is -2.47. The molecule has 1 aromatic heterocycles. The maximum atomic E-state index is 8.99. The van der Waals surface area contributed by atoms with Crippen LogP contribution in [0.15, 0.2) is 42.5 Å². The van der Waals surface area contributed by atoms with Crippen molar-refractivity contribution in [3.8, 4) is 11.8 Å². The Labute approximate surface area is 143 Å². The van der Waals surface area contributed by atoms with Gasteiger partial charge in [0.1, 0.15) is 23.3 Å². The standard InChI is InChI=1S/C19H22N4O/c1-15(16-5-3-7-18(13-16)24-2)22-9-11-23(12-10-22)19-8-4-6-17(14-20)21-19/h3-8,13,15H,9-12H2,1-2H3/t15-/m0/s1. The van der Waals surface area contributed by atoms with Crippen molar-refractivity contribution in [1.29, 1.82) is 5.26 Å². The van der Waals surface area contributed by atoms with Crippen LogP contribution >= 0.6 is 0 Å². The summed E-state index contributed by atoms with van der Waals surface area (Å²) in [6, 6.07) is 16.3. The third-order valence-corrected chi connectivity index (χ3v) is 4.61. The van der Waals surface area contributed by atoms with Gasteiger partial charge < -0.3 is 9.64 Å². The number of nitriles is 1. The molecule has 1 saturated heterocycles. The third-order valence-electron chi connectivity index (χ3n) is 4.61. The molecule has 2 aromatic rings. The largest absolute Gasteiger partial charge is 0.497 e. The minimum atomic E-state index is 0.348. The molecule has 124 valence electrons. The SMILES string of the molecule is COc1cccc([C@H](C)N2CCN(c3cccc(C#N)n3)CC2)c1. The van der Waals surface area contributed by atoms with Gasteiger partial charge in [-0.05, 0) is 36.8 Å². The van der Waals surface area contributed by atoms with Crippen molar-refractivity contribution in [2.75, 3.05) is 38.2 Å².